The first-order valence-corrected chi connectivity index (χ1v) is 4.50. The molecule has 0 saturated carbocycles. The van der Waals surface area contributed by atoms with Gasteiger partial charge in [0, 0.05) is 11.5 Å². The van der Waals surface area contributed by atoms with Crippen molar-refractivity contribution in [1.82, 2.24) is 10.2 Å². The summed E-state index contributed by atoms with van der Waals surface area (Å²) >= 11 is 0. The predicted octanol–water partition coefficient (Wildman–Crippen LogP) is 1.75. The van der Waals surface area contributed by atoms with Crippen LogP contribution in [0.4, 0.5) is 0 Å². The Morgan fingerprint density at radius 1 is 1.47 bits per heavy atom. The van der Waals surface area contributed by atoms with Gasteiger partial charge < -0.3 is 4.74 Å². The number of esters is 1. The Labute approximate surface area is 86.6 Å². The molecule has 15 heavy (non-hydrogen) atoms. The average molecular weight is 202 g/mol. The van der Waals surface area contributed by atoms with Crippen LogP contribution in [-0.2, 0) is 9.53 Å². The van der Waals surface area contributed by atoms with Gasteiger partial charge in [0.1, 0.15) is 0 Å². The normalized spacial score (nSPS) is 11.0. The van der Waals surface area contributed by atoms with Crippen LogP contribution >= 0.6 is 0 Å². The molecule has 0 bridgehead atoms. The molecule has 0 atom stereocenters. The molecule has 0 radical (unpaired) electrons. The second-order valence-electron chi connectivity index (χ2n) is 3.01. The summed E-state index contributed by atoms with van der Waals surface area (Å²) in [6.07, 6.45) is 2.98. The molecule has 0 aliphatic carbocycles. The fourth-order valence-corrected chi connectivity index (χ4v) is 1.33. The van der Waals surface area contributed by atoms with Gasteiger partial charge in [-0.1, -0.05) is 18.2 Å². The zero-order valence-corrected chi connectivity index (χ0v) is 8.23. The third kappa shape index (κ3) is 1.88. The standard InChI is InChI=1S/C11H10N2O2/c1-15-11(14)7-6-10-8-4-2-3-5-9(8)12-13-10/h2-7H,1H3,(H,12,13)/b7-6-. The van der Waals surface area contributed by atoms with E-state index in [0.29, 0.717) is 0 Å². The number of nitrogens with zero attached hydrogens (tertiary/aromatic N) is 1. The highest BCUT2D eigenvalue weighted by Crippen LogP contribution is 2.15. The summed E-state index contributed by atoms with van der Waals surface area (Å²) in [6.45, 7) is 0. The van der Waals surface area contributed by atoms with Gasteiger partial charge in [-0.25, -0.2) is 4.79 Å². The number of methoxy groups -OCH3 is 1. The summed E-state index contributed by atoms with van der Waals surface area (Å²) in [5.74, 6) is -0.387. The van der Waals surface area contributed by atoms with Crippen molar-refractivity contribution in [3.05, 3.63) is 36.0 Å². The number of aromatic nitrogens is 2. The van der Waals surface area contributed by atoms with Gasteiger partial charge in [-0.15, -0.1) is 0 Å². The van der Waals surface area contributed by atoms with E-state index >= 15 is 0 Å². The van der Waals surface area contributed by atoms with E-state index in [1.165, 1.54) is 13.2 Å². The average Bonchev–Trinajstić information content (AvgIpc) is 2.69. The monoisotopic (exact) mass is 202 g/mol. The van der Waals surface area contributed by atoms with Gasteiger partial charge in [-0.2, -0.15) is 5.10 Å². The van der Waals surface area contributed by atoms with Crippen molar-refractivity contribution in [2.24, 2.45) is 0 Å². The molecule has 4 heteroatoms. The lowest BCUT2D eigenvalue weighted by Crippen LogP contribution is -1.93. The fourth-order valence-electron chi connectivity index (χ4n) is 1.33. The highest BCUT2D eigenvalue weighted by molar-refractivity contribution is 5.92. The number of para-hydroxylation sites is 1. The SMILES string of the molecule is COC(=O)/C=C\c1n[nH]c2ccccc12. The predicted molar refractivity (Wildman–Crippen MR) is 57.1 cm³/mol. The maximum Gasteiger partial charge on any atom is 0.330 e. The number of carbonyl (C=O) groups excluding carboxylic acids is 1. The van der Waals surface area contributed by atoms with Crippen LogP contribution in [0.5, 0.6) is 0 Å². The van der Waals surface area contributed by atoms with E-state index in [-0.39, 0.29) is 5.97 Å². The number of nitrogens with one attached hydrogen (secondary N) is 1. The number of rotatable bonds is 2. The quantitative estimate of drug-likeness (QED) is 0.596. The third-order valence-electron chi connectivity index (χ3n) is 2.08. The smallest absolute Gasteiger partial charge is 0.330 e. The second kappa shape index (κ2) is 3.96. The third-order valence-corrected chi connectivity index (χ3v) is 2.08. The molecule has 0 saturated heterocycles. The van der Waals surface area contributed by atoms with Crippen molar-refractivity contribution in [3.8, 4) is 0 Å². The van der Waals surface area contributed by atoms with Gasteiger partial charge in [0.2, 0.25) is 0 Å². The number of ether oxygens (including phenoxy) is 1. The molecule has 0 aliphatic rings. The van der Waals surface area contributed by atoms with E-state index in [1.54, 1.807) is 6.08 Å². The maximum atomic E-state index is 10.9. The lowest BCUT2D eigenvalue weighted by Gasteiger charge is -1.89. The minimum atomic E-state index is -0.387. The van der Waals surface area contributed by atoms with Gasteiger partial charge in [0.05, 0.1) is 18.3 Å². The van der Waals surface area contributed by atoms with Crippen LogP contribution in [0, 0.1) is 0 Å². The van der Waals surface area contributed by atoms with Gasteiger partial charge in [0.15, 0.2) is 0 Å². The summed E-state index contributed by atoms with van der Waals surface area (Å²) in [5, 5.41) is 7.94. The molecule has 1 aromatic heterocycles. The van der Waals surface area contributed by atoms with Gasteiger partial charge >= 0.3 is 5.97 Å². The number of carbonyl (C=O) groups is 1. The van der Waals surface area contributed by atoms with Crippen LogP contribution in [0.3, 0.4) is 0 Å². The fraction of sp³-hybridized carbons (Fsp3) is 0.0909. The van der Waals surface area contributed by atoms with Crippen molar-refractivity contribution in [3.63, 3.8) is 0 Å². The van der Waals surface area contributed by atoms with Crippen LogP contribution in [-0.4, -0.2) is 23.3 Å². The van der Waals surface area contributed by atoms with E-state index in [1.807, 2.05) is 24.3 Å². The molecule has 0 amide bonds. The number of hydrogen-bond acceptors (Lipinski definition) is 3. The molecule has 0 aliphatic heterocycles. The van der Waals surface area contributed by atoms with E-state index in [2.05, 4.69) is 14.9 Å². The number of aromatic amines is 1. The van der Waals surface area contributed by atoms with Crippen molar-refractivity contribution < 1.29 is 9.53 Å². The lowest BCUT2D eigenvalue weighted by molar-refractivity contribution is -0.134. The first-order valence-electron chi connectivity index (χ1n) is 4.50. The number of benzene rings is 1. The summed E-state index contributed by atoms with van der Waals surface area (Å²) in [7, 11) is 1.34. The number of fused-ring (bicyclic) bond motifs is 1. The maximum absolute atomic E-state index is 10.9. The summed E-state index contributed by atoms with van der Waals surface area (Å²) in [5.41, 5.74) is 1.68. The van der Waals surface area contributed by atoms with Crippen molar-refractivity contribution in [2.45, 2.75) is 0 Å². The second-order valence-corrected chi connectivity index (χ2v) is 3.01. The Hall–Kier alpha value is -2.10. The molecule has 2 aromatic rings. The molecule has 1 heterocycles. The zero-order valence-electron chi connectivity index (χ0n) is 8.23. The Morgan fingerprint density at radius 2 is 2.27 bits per heavy atom. The molecule has 0 spiro atoms. The van der Waals surface area contributed by atoms with Crippen LogP contribution in [0.15, 0.2) is 30.3 Å². The van der Waals surface area contributed by atoms with Crippen LogP contribution in [0.1, 0.15) is 5.69 Å². The topological polar surface area (TPSA) is 55.0 Å². The Kier molecular flexibility index (Phi) is 2.49. The van der Waals surface area contributed by atoms with E-state index < -0.39 is 0 Å². The van der Waals surface area contributed by atoms with Crippen LogP contribution < -0.4 is 0 Å². The molecule has 76 valence electrons. The Morgan fingerprint density at radius 3 is 3.07 bits per heavy atom. The summed E-state index contributed by atoms with van der Waals surface area (Å²) in [6, 6.07) is 7.72. The first kappa shape index (κ1) is 9.45. The first-order chi connectivity index (χ1) is 7.31. The highest BCUT2D eigenvalue weighted by Gasteiger charge is 2.01. The van der Waals surface area contributed by atoms with E-state index in [4.69, 9.17) is 0 Å². The number of H-pyrrole nitrogens is 1. The van der Waals surface area contributed by atoms with Gasteiger partial charge in [-0.3, -0.25) is 5.10 Å². The van der Waals surface area contributed by atoms with Crippen LogP contribution in [0.2, 0.25) is 0 Å². The lowest BCUT2D eigenvalue weighted by atomic mass is 10.2. The minimum Gasteiger partial charge on any atom is -0.466 e. The molecule has 0 unspecified atom stereocenters. The molecule has 4 nitrogen and oxygen atoms in total. The van der Waals surface area contributed by atoms with E-state index in [0.717, 1.165) is 16.6 Å². The molecule has 2 rings (SSSR count). The van der Waals surface area contributed by atoms with Gasteiger partial charge in [0.25, 0.3) is 0 Å². The Bertz CT molecular complexity index is 514. The zero-order chi connectivity index (χ0) is 10.7. The minimum absolute atomic E-state index is 0.387. The molecular formula is C11H10N2O2. The molecule has 1 aromatic carbocycles. The summed E-state index contributed by atoms with van der Waals surface area (Å²) in [4.78, 5) is 10.9. The summed E-state index contributed by atoms with van der Waals surface area (Å²) < 4.78 is 4.50. The van der Waals surface area contributed by atoms with Crippen LogP contribution in [0.25, 0.3) is 17.0 Å². The molecule has 1 N–H and O–H groups in total. The molecular weight excluding hydrogens is 192 g/mol. The van der Waals surface area contributed by atoms with Crippen molar-refractivity contribution >= 4 is 22.9 Å². The largest absolute Gasteiger partial charge is 0.466 e. The van der Waals surface area contributed by atoms with Crippen molar-refractivity contribution in [2.75, 3.05) is 7.11 Å². The van der Waals surface area contributed by atoms with E-state index in [9.17, 15) is 4.79 Å². The highest BCUT2D eigenvalue weighted by atomic mass is 16.5. The molecule has 0 fully saturated rings. The van der Waals surface area contributed by atoms with Crippen molar-refractivity contribution in [1.29, 1.82) is 0 Å². The van der Waals surface area contributed by atoms with Gasteiger partial charge in [-0.05, 0) is 12.1 Å². The number of hydrogen-bond donors (Lipinski definition) is 1. The Balaban J connectivity index is 2.36.